The Labute approximate surface area is 123 Å². The van der Waals surface area contributed by atoms with Crippen LogP contribution in [0.1, 0.15) is 45.4 Å². The zero-order valence-electron chi connectivity index (χ0n) is 12.7. The van der Waals surface area contributed by atoms with Gasteiger partial charge in [0.15, 0.2) is 5.52 Å². The van der Waals surface area contributed by atoms with E-state index in [1.807, 2.05) is 10.9 Å². The zero-order chi connectivity index (χ0) is 15.7. The Kier molecular flexibility index (Phi) is 7.55. The number of hydrogen-bond acceptors (Lipinski definition) is 5. The number of nitrogens with two attached hydrogens (primary N) is 1. The second kappa shape index (κ2) is 9.19. The molecule has 0 aliphatic heterocycles. The third-order valence-electron chi connectivity index (χ3n) is 3.15. The number of hydrogen-bond donors (Lipinski definition) is 3. The predicted molar refractivity (Wildman–Crippen MR) is 81.2 cm³/mol. The molecule has 8 nitrogen and oxygen atoms in total. The van der Waals surface area contributed by atoms with Crippen molar-refractivity contribution < 1.29 is 10.1 Å². The molecule has 0 spiro atoms. The van der Waals surface area contributed by atoms with Crippen LogP contribution in [0.2, 0.25) is 0 Å². The summed E-state index contributed by atoms with van der Waals surface area (Å²) in [6, 6.07) is 0. The fourth-order valence-corrected chi connectivity index (χ4v) is 2.11. The summed E-state index contributed by atoms with van der Waals surface area (Å²) in [6.45, 7) is 3.11. The summed E-state index contributed by atoms with van der Waals surface area (Å²) in [7, 11) is 1.18. The predicted octanol–water partition coefficient (Wildman–Crippen LogP) is 1.87. The van der Waals surface area contributed by atoms with Crippen LogP contribution in [0.4, 0.5) is 5.95 Å². The summed E-state index contributed by atoms with van der Waals surface area (Å²) in [5.41, 5.74) is 5.89. The minimum atomic E-state index is -0.179. The normalized spacial score (nSPS) is 10.6. The Morgan fingerprint density at radius 2 is 1.95 bits per heavy atom. The number of unbranched alkanes of at least 4 members (excludes halogenated alkanes) is 5. The van der Waals surface area contributed by atoms with Crippen LogP contribution in [0.5, 0.6) is 0 Å². The molecule has 4 N–H and O–H groups in total. The Hall–Kier alpha value is -1.80. The largest absolute Gasteiger partial charge is 0.368 e. The van der Waals surface area contributed by atoms with E-state index >= 15 is 0 Å². The van der Waals surface area contributed by atoms with Gasteiger partial charge in [-0.2, -0.15) is 4.63 Å². The van der Waals surface area contributed by atoms with Gasteiger partial charge in [-0.05, 0) is 6.42 Å². The van der Waals surface area contributed by atoms with Crippen molar-refractivity contribution in [3.8, 4) is 0 Å². The van der Waals surface area contributed by atoms with Crippen LogP contribution >= 0.6 is 0 Å². The first-order chi connectivity index (χ1) is 10.1. The van der Waals surface area contributed by atoms with Gasteiger partial charge in [-0.25, -0.2) is 4.89 Å². The van der Waals surface area contributed by atoms with E-state index in [4.69, 9.17) is 11.0 Å². The molecule has 0 unspecified atom stereocenters. The van der Waals surface area contributed by atoms with Gasteiger partial charge < -0.3 is 5.73 Å². The highest BCUT2D eigenvalue weighted by Gasteiger charge is 2.08. The molecule has 21 heavy (non-hydrogen) atoms. The number of aromatic amines is 1. The first-order valence-electron chi connectivity index (χ1n) is 7.25. The number of aromatic nitrogens is 4. The highest BCUT2D eigenvalue weighted by molar-refractivity contribution is 5.43. The van der Waals surface area contributed by atoms with E-state index in [0.29, 0.717) is 5.52 Å². The highest BCUT2D eigenvalue weighted by atomic mass is 17.1. The van der Waals surface area contributed by atoms with E-state index in [0.717, 1.165) is 13.0 Å². The quantitative estimate of drug-likeness (QED) is 0.410. The lowest BCUT2D eigenvalue weighted by Gasteiger charge is -2.16. The molecule has 0 radical (unpaired) electrons. The van der Waals surface area contributed by atoms with Gasteiger partial charge in [0, 0.05) is 6.54 Å². The second-order valence-electron chi connectivity index (χ2n) is 4.86. The summed E-state index contributed by atoms with van der Waals surface area (Å²) in [5, 5.41) is 11.1. The molecular weight excluding hydrogens is 274 g/mol. The van der Waals surface area contributed by atoms with Crippen molar-refractivity contribution in [1.82, 2.24) is 19.4 Å². The Balaban J connectivity index is 0.000000677. The minimum absolute atomic E-state index is 0.157. The number of aryl methyl sites for hydroxylation is 1. The average molecular weight is 299 g/mol. The number of anilines is 1. The summed E-state index contributed by atoms with van der Waals surface area (Å²) in [5.74, 6) is 0.157. The van der Waals surface area contributed by atoms with E-state index in [1.54, 1.807) is 4.63 Å². The molecule has 0 aliphatic carbocycles. The number of rotatable bonds is 7. The standard InChI is InChI=1S/C12H21N5O.CH4O2/c1-2-3-4-5-6-7-8-16-9-10-11(18)14-12(13)15-17(10)16;1-3-2/h9H,2-8H2,1H3,(H3,13,14,15,18);2H,1H3. The zero-order valence-corrected chi connectivity index (χ0v) is 12.7. The molecule has 8 heteroatoms. The summed E-state index contributed by atoms with van der Waals surface area (Å²) in [4.78, 5) is 17.2. The van der Waals surface area contributed by atoms with Crippen molar-refractivity contribution in [3.63, 3.8) is 0 Å². The van der Waals surface area contributed by atoms with E-state index in [2.05, 4.69) is 21.9 Å². The smallest absolute Gasteiger partial charge is 0.280 e. The Bertz CT molecular complexity index is 572. The molecule has 2 rings (SSSR count). The van der Waals surface area contributed by atoms with Gasteiger partial charge in [-0.15, -0.1) is 5.10 Å². The molecule has 0 atom stereocenters. The number of nitrogens with zero attached hydrogens (tertiary/aromatic N) is 3. The van der Waals surface area contributed by atoms with E-state index < -0.39 is 0 Å². The maximum absolute atomic E-state index is 11.5. The summed E-state index contributed by atoms with van der Waals surface area (Å²) >= 11 is 0. The number of fused-ring (bicyclic) bond motifs is 1. The molecule has 120 valence electrons. The average Bonchev–Trinajstić information content (AvgIpc) is 2.42. The van der Waals surface area contributed by atoms with E-state index in [9.17, 15) is 4.79 Å². The monoisotopic (exact) mass is 299 g/mol. The number of H-pyrrole nitrogens is 1. The molecule has 2 aromatic rings. The molecule has 0 fully saturated rings. The van der Waals surface area contributed by atoms with Crippen molar-refractivity contribution in [2.24, 2.45) is 0 Å². The molecule has 0 amide bonds. The van der Waals surface area contributed by atoms with Crippen molar-refractivity contribution >= 4 is 11.5 Å². The third kappa shape index (κ3) is 5.24. The van der Waals surface area contributed by atoms with Crippen molar-refractivity contribution in [1.29, 1.82) is 0 Å². The van der Waals surface area contributed by atoms with Crippen LogP contribution in [0, 0.1) is 0 Å². The Morgan fingerprint density at radius 3 is 2.62 bits per heavy atom. The molecular formula is C13H25N5O3. The summed E-state index contributed by atoms with van der Waals surface area (Å²) in [6.07, 6.45) is 9.34. The van der Waals surface area contributed by atoms with Crippen LogP contribution in [0.15, 0.2) is 11.0 Å². The molecule has 0 saturated carbocycles. The molecule has 2 aromatic heterocycles. The molecule has 0 aromatic carbocycles. The van der Waals surface area contributed by atoms with E-state index in [1.165, 1.54) is 39.2 Å². The van der Waals surface area contributed by atoms with Crippen LogP contribution in [0.25, 0.3) is 5.52 Å². The van der Waals surface area contributed by atoms with Crippen molar-refractivity contribution in [2.45, 2.75) is 52.0 Å². The van der Waals surface area contributed by atoms with Gasteiger partial charge >= 0.3 is 0 Å². The molecule has 0 saturated heterocycles. The lowest BCUT2D eigenvalue weighted by molar-refractivity contribution is -0.214. The van der Waals surface area contributed by atoms with Gasteiger partial charge in [0.05, 0.1) is 13.3 Å². The lowest BCUT2D eigenvalue weighted by Crippen LogP contribution is -2.27. The van der Waals surface area contributed by atoms with Gasteiger partial charge in [-0.3, -0.25) is 19.7 Å². The molecule has 0 aliphatic rings. The van der Waals surface area contributed by atoms with Crippen LogP contribution in [0.3, 0.4) is 0 Å². The maximum Gasteiger partial charge on any atom is 0.280 e. The van der Waals surface area contributed by atoms with Gasteiger partial charge in [0.1, 0.15) is 0 Å². The van der Waals surface area contributed by atoms with Crippen molar-refractivity contribution in [3.05, 3.63) is 16.6 Å². The second-order valence-corrected chi connectivity index (χ2v) is 4.86. The van der Waals surface area contributed by atoms with Gasteiger partial charge in [-0.1, -0.05) is 39.0 Å². The number of nitrogen functional groups attached to an aromatic ring is 1. The maximum atomic E-state index is 11.5. The topological polar surface area (TPSA) is 111 Å². The third-order valence-corrected chi connectivity index (χ3v) is 3.15. The fourth-order valence-electron chi connectivity index (χ4n) is 2.11. The van der Waals surface area contributed by atoms with Crippen molar-refractivity contribution in [2.75, 3.05) is 12.8 Å². The first-order valence-corrected chi connectivity index (χ1v) is 7.25. The van der Waals surface area contributed by atoms with E-state index in [-0.39, 0.29) is 11.5 Å². The highest BCUT2D eigenvalue weighted by Crippen LogP contribution is 2.08. The van der Waals surface area contributed by atoms with Crippen LogP contribution in [-0.2, 0) is 11.4 Å². The SMILES string of the molecule is CCCCCCCCn1cc2c(=O)[nH]c(N)nn21.COO. The lowest BCUT2D eigenvalue weighted by atomic mass is 10.1. The first kappa shape index (κ1) is 17.3. The van der Waals surface area contributed by atoms with Gasteiger partial charge in [0.2, 0.25) is 5.95 Å². The Morgan fingerprint density at radius 1 is 1.33 bits per heavy atom. The minimum Gasteiger partial charge on any atom is -0.368 e. The number of nitrogens with one attached hydrogen (secondary N) is 1. The fraction of sp³-hybridized carbons (Fsp3) is 0.692. The van der Waals surface area contributed by atoms with Crippen LogP contribution < -0.4 is 11.3 Å². The summed E-state index contributed by atoms with van der Waals surface area (Å²) < 4.78 is 3.51. The van der Waals surface area contributed by atoms with Crippen LogP contribution in [-0.4, -0.2) is 31.8 Å². The molecule has 2 heterocycles. The van der Waals surface area contributed by atoms with Gasteiger partial charge in [0.25, 0.3) is 5.56 Å². The molecule has 0 bridgehead atoms.